The summed E-state index contributed by atoms with van der Waals surface area (Å²) < 4.78 is 0.828. The van der Waals surface area contributed by atoms with E-state index in [9.17, 15) is 9.59 Å². The molecule has 33 heavy (non-hydrogen) atoms. The summed E-state index contributed by atoms with van der Waals surface area (Å²) in [5.41, 5.74) is 2.75. The van der Waals surface area contributed by atoms with E-state index in [1.165, 1.54) is 0 Å². The standard InChI is InChI=1S/C25H23BrN4O2.CH4/c1-30-14-4-13-27-24(30)18-9-7-17(8-10-18)22(31)15-19-5-2-3-6-21(19)25(32)29-23-12-11-20(26)16-28-23;/h2-3,5-12,16H,4,13-15H2,1H3,(H,28,29,32);1H4. The number of hydrogen-bond acceptors (Lipinski definition) is 5. The maximum atomic E-state index is 12.9. The van der Waals surface area contributed by atoms with E-state index < -0.39 is 0 Å². The van der Waals surface area contributed by atoms with Crippen LogP contribution in [0.2, 0.25) is 0 Å². The molecule has 0 radical (unpaired) electrons. The number of Topliss-reactive ketones (excluding diaryl/α,β-unsaturated/α-hetero) is 1. The largest absolute Gasteiger partial charge is 0.359 e. The number of ketones is 1. The third-order valence-corrected chi connectivity index (χ3v) is 5.79. The lowest BCUT2D eigenvalue weighted by Gasteiger charge is -2.25. The molecule has 170 valence electrons. The van der Waals surface area contributed by atoms with Gasteiger partial charge in [0.25, 0.3) is 5.91 Å². The molecule has 0 saturated heterocycles. The van der Waals surface area contributed by atoms with Crippen molar-refractivity contribution in [1.82, 2.24) is 9.88 Å². The van der Waals surface area contributed by atoms with Crippen molar-refractivity contribution in [3.63, 3.8) is 0 Å². The zero-order valence-electron chi connectivity index (χ0n) is 17.7. The third kappa shape index (κ3) is 5.93. The Kier molecular flexibility index (Phi) is 8.11. The highest BCUT2D eigenvalue weighted by Crippen LogP contribution is 2.17. The number of amides is 1. The van der Waals surface area contributed by atoms with Gasteiger partial charge in [0.1, 0.15) is 11.7 Å². The molecule has 1 amide bonds. The average molecular weight is 507 g/mol. The van der Waals surface area contributed by atoms with Crippen molar-refractivity contribution < 1.29 is 9.59 Å². The van der Waals surface area contributed by atoms with Crippen molar-refractivity contribution in [2.24, 2.45) is 4.99 Å². The third-order valence-electron chi connectivity index (χ3n) is 5.32. The van der Waals surface area contributed by atoms with Crippen LogP contribution in [0, 0.1) is 0 Å². The number of benzene rings is 2. The van der Waals surface area contributed by atoms with Gasteiger partial charge in [-0.15, -0.1) is 0 Å². The van der Waals surface area contributed by atoms with Crippen LogP contribution in [0.3, 0.4) is 0 Å². The van der Waals surface area contributed by atoms with Crippen LogP contribution in [-0.4, -0.2) is 47.5 Å². The lowest BCUT2D eigenvalue weighted by atomic mass is 9.97. The van der Waals surface area contributed by atoms with Gasteiger partial charge >= 0.3 is 0 Å². The summed E-state index contributed by atoms with van der Waals surface area (Å²) in [7, 11) is 2.03. The molecule has 2 heterocycles. The number of carbonyl (C=O) groups is 2. The number of hydrogen-bond donors (Lipinski definition) is 1. The van der Waals surface area contributed by atoms with Gasteiger partial charge in [0.2, 0.25) is 0 Å². The normalized spacial score (nSPS) is 13.0. The van der Waals surface area contributed by atoms with Crippen LogP contribution in [0.5, 0.6) is 0 Å². The number of rotatable bonds is 6. The van der Waals surface area contributed by atoms with Crippen molar-refractivity contribution in [2.75, 3.05) is 25.5 Å². The SMILES string of the molecule is C.CN1CCCN=C1c1ccc(C(=O)Cc2ccccc2C(=O)Nc2ccc(Br)cn2)cc1. The molecule has 0 aliphatic carbocycles. The van der Waals surface area contributed by atoms with E-state index in [4.69, 9.17) is 0 Å². The number of halogens is 1. The van der Waals surface area contributed by atoms with Crippen molar-refractivity contribution in [2.45, 2.75) is 20.3 Å². The molecule has 1 N–H and O–H groups in total. The highest BCUT2D eigenvalue weighted by Gasteiger charge is 2.17. The van der Waals surface area contributed by atoms with Crippen molar-refractivity contribution in [1.29, 1.82) is 0 Å². The van der Waals surface area contributed by atoms with E-state index in [1.54, 1.807) is 30.5 Å². The summed E-state index contributed by atoms with van der Waals surface area (Å²) in [6.45, 7) is 1.81. The minimum absolute atomic E-state index is 0. The molecule has 2 aromatic carbocycles. The number of carbonyl (C=O) groups excluding carboxylic acids is 2. The molecule has 0 atom stereocenters. The number of anilines is 1. The van der Waals surface area contributed by atoms with Gasteiger partial charge in [0, 0.05) is 53.9 Å². The molecule has 0 saturated carbocycles. The molecule has 0 fully saturated rings. The van der Waals surface area contributed by atoms with E-state index in [0.29, 0.717) is 22.5 Å². The molecule has 1 aliphatic heterocycles. The van der Waals surface area contributed by atoms with Crippen LogP contribution >= 0.6 is 15.9 Å². The Morgan fingerprint density at radius 2 is 1.82 bits per heavy atom. The van der Waals surface area contributed by atoms with Gasteiger partial charge in [-0.05, 0) is 46.1 Å². The van der Waals surface area contributed by atoms with Gasteiger partial charge < -0.3 is 10.2 Å². The topological polar surface area (TPSA) is 74.7 Å². The Labute approximate surface area is 202 Å². The maximum Gasteiger partial charge on any atom is 0.257 e. The van der Waals surface area contributed by atoms with E-state index in [1.807, 2.05) is 43.4 Å². The van der Waals surface area contributed by atoms with Gasteiger partial charge in [0.15, 0.2) is 5.78 Å². The summed E-state index contributed by atoms with van der Waals surface area (Å²) in [5.74, 6) is 1.07. The summed E-state index contributed by atoms with van der Waals surface area (Å²) in [5, 5.41) is 2.79. The molecule has 1 aliphatic rings. The number of pyridine rings is 1. The second-order valence-electron chi connectivity index (χ2n) is 7.63. The quantitative estimate of drug-likeness (QED) is 0.463. The number of amidine groups is 1. The highest BCUT2D eigenvalue weighted by molar-refractivity contribution is 9.10. The molecule has 0 spiro atoms. The van der Waals surface area contributed by atoms with Gasteiger partial charge in [-0.3, -0.25) is 14.6 Å². The Hall–Kier alpha value is -3.32. The smallest absolute Gasteiger partial charge is 0.257 e. The molecule has 4 rings (SSSR count). The predicted molar refractivity (Wildman–Crippen MR) is 136 cm³/mol. The lowest BCUT2D eigenvalue weighted by Crippen LogP contribution is -2.32. The first-order chi connectivity index (χ1) is 15.5. The summed E-state index contributed by atoms with van der Waals surface area (Å²) in [6.07, 6.45) is 2.81. The van der Waals surface area contributed by atoms with Crippen LogP contribution in [0.4, 0.5) is 5.82 Å². The fraction of sp³-hybridized carbons (Fsp3) is 0.231. The molecule has 7 heteroatoms. The van der Waals surface area contributed by atoms with E-state index in [2.05, 4.69) is 36.1 Å². The van der Waals surface area contributed by atoms with E-state index >= 15 is 0 Å². The van der Waals surface area contributed by atoms with Gasteiger partial charge in [0.05, 0.1) is 0 Å². The Bertz CT molecular complexity index is 1160. The second kappa shape index (κ2) is 11.0. The van der Waals surface area contributed by atoms with Crippen molar-refractivity contribution in [3.8, 4) is 0 Å². The molecule has 1 aromatic heterocycles. The number of nitrogens with zero attached hydrogens (tertiary/aromatic N) is 3. The van der Waals surface area contributed by atoms with Gasteiger partial charge in [-0.1, -0.05) is 49.9 Å². The minimum atomic E-state index is -0.295. The van der Waals surface area contributed by atoms with Crippen LogP contribution < -0.4 is 5.32 Å². The zero-order valence-corrected chi connectivity index (χ0v) is 19.3. The average Bonchev–Trinajstić information content (AvgIpc) is 2.81. The zero-order chi connectivity index (χ0) is 22.5. The fourth-order valence-corrected chi connectivity index (χ4v) is 3.88. The second-order valence-corrected chi connectivity index (χ2v) is 8.55. The van der Waals surface area contributed by atoms with Gasteiger partial charge in [-0.25, -0.2) is 4.98 Å². The van der Waals surface area contributed by atoms with E-state index in [-0.39, 0.29) is 25.5 Å². The molecule has 0 bridgehead atoms. The summed E-state index contributed by atoms with van der Waals surface area (Å²) in [6, 6.07) is 18.2. The lowest BCUT2D eigenvalue weighted by molar-refractivity contribution is 0.0992. The van der Waals surface area contributed by atoms with Crippen LogP contribution in [0.25, 0.3) is 0 Å². The predicted octanol–water partition coefficient (Wildman–Crippen LogP) is 5.24. The molecular weight excluding hydrogens is 480 g/mol. The Morgan fingerprint density at radius 3 is 2.52 bits per heavy atom. The Balaban J connectivity index is 0.00000306. The number of aromatic nitrogens is 1. The van der Waals surface area contributed by atoms with Gasteiger partial charge in [-0.2, -0.15) is 0 Å². The van der Waals surface area contributed by atoms with E-state index in [0.717, 1.165) is 35.4 Å². The van der Waals surface area contributed by atoms with Crippen LogP contribution in [0.1, 0.15) is 45.7 Å². The van der Waals surface area contributed by atoms with Crippen molar-refractivity contribution in [3.05, 3.63) is 93.6 Å². The first kappa shape index (κ1) is 24.3. The summed E-state index contributed by atoms with van der Waals surface area (Å²) >= 11 is 3.33. The number of aliphatic imine (C=N–C) groups is 1. The summed E-state index contributed by atoms with van der Waals surface area (Å²) in [4.78, 5) is 36.7. The minimum Gasteiger partial charge on any atom is -0.359 e. The first-order valence-electron chi connectivity index (χ1n) is 10.4. The monoisotopic (exact) mass is 506 g/mol. The molecule has 0 unspecified atom stereocenters. The van der Waals surface area contributed by atoms with Crippen LogP contribution in [0.15, 0.2) is 76.3 Å². The maximum absolute atomic E-state index is 12.9. The first-order valence-corrected chi connectivity index (χ1v) is 11.2. The molecular formula is C26H27BrN4O2. The van der Waals surface area contributed by atoms with Crippen molar-refractivity contribution >= 4 is 39.3 Å². The highest BCUT2D eigenvalue weighted by atomic mass is 79.9. The molecule has 6 nitrogen and oxygen atoms in total. The fourth-order valence-electron chi connectivity index (χ4n) is 3.64. The molecule has 3 aromatic rings. The van der Waals surface area contributed by atoms with Crippen LogP contribution in [-0.2, 0) is 6.42 Å². The number of nitrogens with one attached hydrogen (secondary N) is 1. The Morgan fingerprint density at radius 1 is 1.06 bits per heavy atom.